The third-order valence-electron chi connectivity index (χ3n) is 3.80. The number of benzene rings is 1. The third-order valence-corrected chi connectivity index (χ3v) is 3.80. The Balaban J connectivity index is 1.75. The quantitative estimate of drug-likeness (QED) is 0.787. The Morgan fingerprint density at radius 1 is 1.29 bits per heavy atom. The lowest BCUT2D eigenvalue weighted by Gasteiger charge is -2.25. The predicted molar refractivity (Wildman–Crippen MR) is 80.4 cm³/mol. The van der Waals surface area contributed by atoms with Crippen molar-refractivity contribution in [2.75, 3.05) is 6.54 Å². The van der Waals surface area contributed by atoms with Crippen molar-refractivity contribution in [3.63, 3.8) is 0 Å². The normalized spacial score (nSPS) is 22.2. The molecule has 0 radical (unpaired) electrons. The summed E-state index contributed by atoms with van der Waals surface area (Å²) in [5, 5.41) is 3.46. The zero-order valence-electron chi connectivity index (χ0n) is 12.6. The van der Waals surface area contributed by atoms with Crippen LogP contribution in [0.5, 0.6) is 5.75 Å². The molecule has 2 rings (SSSR count). The zero-order valence-corrected chi connectivity index (χ0v) is 12.6. The summed E-state index contributed by atoms with van der Waals surface area (Å²) in [4.78, 5) is 0. The maximum Gasteiger partial charge on any atom is 0.387 e. The van der Waals surface area contributed by atoms with Crippen LogP contribution in [-0.2, 0) is 6.54 Å². The molecule has 1 aromatic carbocycles. The Bertz CT molecular complexity index is 470. The highest BCUT2D eigenvalue weighted by molar-refractivity contribution is 5.27. The lowest BCUT2D eigenvalue weighted by atomic mass is 9.84. The van der Waals surface area contributed by atoms with Crippen LogP contribution >= 0.6 is 0 Å². The first kappa shape index (κ1) is 16.0. The van der Waals surface area contributed by atoms with Gasteiger partial charge in [0, 0.05) is 6.54 Å². The highest BCUT2D eigenvalue weighted by Gasteiger charge is 2.17. The minimum absolute atomic E-state index is 0.204. The number of rotatable bonds is 6. The first-order valence-electron chi connectivity index (χ1n) is 7.44. The minimum Gasteiger partial charge on any atom is -0.435 e. The van der Waals surface area contributed by atoms with Crippen LogP contribution in [0.25, 0.3) is 0 Å². The van der Waals surface area contributed by atoms with Crippen molar-refractivity contribution >= 4 is 0 Å². The van der Waals surface area contributed by atoms with Gasteiger partial charge in [-0.05, 0) is 55.8 Å². The van der Waals surface area contributed by atoms with Gasteiger partial charge in [0.25, 0.3) is 0 Å². The lowest BCUT2D eigenvalue weighted by molar-refractivity contribution is -0.0498. The Labute approximate surface area is 125 Å². The summed E-state index contributed by atoms with van der Waals surface area (Å²) in [5.41, 5.74) is 2.56. The van der Waals surface area contributed by atoms with Gasteiger partial charge in [0.05, 0.1) is 0 Å². The molecule has 0 saturated heterocycles. The summed E-state index contributed by atoms with van der Waals surface area (Å²) in [6.07, 6.45) is 4.75. The molecule has 0 amide bonds. The fourth-order valence-corrected chi connectivity index (χ4v) is 3.05. The van der Waals surface area contributed by atoms with Gasteiger partial charge in [0.15, 0.2) is 0 Å². The summed E-state index contributed by atoms with van der Waals surface area (Å²) in [6.45, 7) is 3.44. The molecule has 2 unspecified atom stereocenters. The van der Waals surface area contributed by atoms with E-state index in [-0.39, 0.29) is 5.75 Å². The van der Waals surface area contributed by atoms with Crippen molar-refractivity contribution in [2.24, 2.45) is 11.8 Å². The molecule has 0 heterocycles. The third kappa shape index (κ3) is 5.46. The summed E-state index contributed by atoms with van der Waals surface area (Å²) >= 11 is 0. The van der Waals surface area contributed by atoms with Crippen molar-refractivity contribution in [1.82, 2.24) is 5.32 Å². The van der Waals surface area contributed by atoms with Crippen LogP contribution in [0.4, 0.5) is 8.78 Å². The molecule has 0 aliphatic heterocycles. The molecule has 4 heteroatoms. The van der Waals surface area contributed by atoms with E-state index >= 15 is 0 Å². The fraction of sp³-hybridized carbons (Fsp3) is 0.529. The van der Waals surface area contributed by atoms with E-state index in [0.29, 0.717) is 11.8 Å². The van der Waals surface area contributed by atoms with E-state index < -0.39 is 6.61 Å². The Hall–Kier alpha value is -1.42. The van der Waals surface area contributed by atoms with Crippen molar-refractivity contribution in [2.45, 2.75) is 39.8 Å². The molecule has 1 aliphatic carbocycles. The van der Waals surface area contributed by atoms with Gasteiger partial charge in [0.1, 0.15) is 5.75 Å². The first-order valence-corrected chi connectivity index (χ1v) is 7.44. The van der Waals surface area contributed by atoms with Gasteiger partial charge in [-0.2, -0.15) is 8.78 Å². The molecule has 116 valence electrons. The number of alkyl halides is 2. The van der Waals surface area contributed by atoms with Crippen LogP contribution in [0.3, 0.4) is 0 Å². The molecule has 21 heavy (non-hydrogen) atoms. The van der Waals surface area contributed by atoms with E-state index in [1.807, 2.05) is 12.1 Å². The second kappa shape index (κ2) is 7.55. The van der Waals surface area contributed by atoms with E-state index in [1.165, 1.54) is 18.4 Å². The Morgan fingerprint density at radius 2 is 2.00 bits per heavy atom. The van der Waals surface area contributed by atoms with Crippen LogP contribution in [0, 0.1) is 11.8 Å². The van der Waals surface area contributed by atoms with E-state index in [0.717, 1.165) is 18.7 Å². The van der Waals surface area contributed by atoms with Gasteiger partial charge >= 0.3 is 6.61 Å². The van der Waals surface area contributed by atoms with Gasteiger partial charge in [-0.15, -0.1) is 0 Å². The molecule has 0 fully saturated rings. The summed E-state index contributed by atoms with van der Waals surface area (Å²) < 4.78 is 28.4. The number of ether oxygens (including phenoxy) is 1. The summed E-state index contributed by atoms with van der Waals surface area (Å²) in [6, 6.07) is 6.80. The maximum absolute atomic E-state index is 12.1. The number of allylic oxidation sites excluding steroid dienone is 2. The van der Waals surface area contributed by atoms with Crippen molar-refractivity contribution in [3.05, 3.63) is 41.5 Å². The van der Waals surface area contributed by atoms with Gasteiger partial charge < -0.3 is 10.1 Å². The van der Waals surface area contributed by atoms with Crippen molar-refractivity contribution in [1.29, 1.82) is 0 Å². The summed E-state index contributed by atoms with van der Waals surface area (Å²) in [5.74, 6) is 1.55. The topological polar surface area (TPSA) is 21.3 Å². The average Bonchev–Trinajstić information content (AvgIpc) is 2.39. The highest BCUT2D eigenvalue weighted by atomic mass is 19.3. The predicted octanol–water partition coefficient (Wildman–Crippen LogP) is 4.37. The van der Waals surface area contributed by atoms with Gasteiger partial charge in [-0.25, -0.2) is 0 Å². The summed E-state index contributed by atoms with van der Waals surface area (Å²) in [7, 11) is 0. The van der Waals surface area contributed by atoms with Gasteiger partial charge in [-0.3, -0.25) is 0 Å². The van der Waals surface area contributed by atoms with Crippen molar-refractivity contribution < 1.29 is 13.5 Å². The molecular formula is C17H23F2NO. The van der Waals surface area contributed by atoms with E-state index in [1.54, 1.807) is 12.1 Å². The van der Waals surface area contributed by atoms with Crippen LogP contribution in [-0.4, -0.2) is 13.2 Å². The van der Waals surface area contributed by atoms with Crippen LogP contribution in [0.15, 0.2) is 35.9 Å². The van der Waals surface area contributed by atoms with Crippen molar-refractivity contribution in [3.8, 4) is 5.75 Å². The maximum atomic E-state index is 12.1. The molecule has 1 aromatic rings. The SMILES string of the molecule is CC1=CC(C)CC(CNCc2ccc(OC(F)F)cc2)C1. The first-order chi connectivity index (χ1) is 10.0. The molecular weight excluding hydrogens is 272 g/mol. The van der Waals surface area contributed by atoms with E-state index in [2.05, 4.69) is 30.0 Å². The molecule has 0 spiro atoms. The zero-order chi connectivity index (χ0) is 15.2. The largest absolute Gasteiger partial charge is 0.435 e. The molecule has 0 saturated carbocycles. The van der Waals surface area contributed by atoms with Gasteiger partial charge in [0.2, 0.25) is 0 Å². The molecule has 2 nitrogen and oxygen atoms in total. The molecule has 0 aromatic heterocycles. The van der Waals surface area contributed by atoms with Gasteiger partial charge in [-0.1, -0.05) is 30.7 Å². The Morgan fingerprint density at radius 3 is 2.62 bits per heavy atom. The molecule has 1 N–H and O–H groups in total. The van der Waals surface area contributed by atoms with Crippen LogP contribution in [0.1, 0.15) is 32.3 Å². The lowest BCUT2D eigenvalue weighted by Crippen LogP contribution is -2.25. The second-order valence-electron chi connectivity index (χ2n) is 5.95. The van der Waals surface area contributed by atoms with E-state index in [4.69, 9.17) is 0 Å². The fourth-order valence-electron chi connectivity index (χ4n) is 3.05. The average molecular weight is 295 g/mol. The van der Waals surface area contributed by atoms with E-state index in [9.17, 15) is 8.78 Å². The minimum atomic E-state index is -2.77. The highest BCUT2D eigenvalue weighted by Crippen LogP contribution is 2.27. The standard InChI is InChI=1S/C17H23F2NO/c1-12-7-13(2)9-15(8-12)11-20-10-14-3-5-16(6-4-14)21-17(18)19/h3-7,12,15,17,20H,8-11H2,1-2H3. The molecule has 0 bridgehead atoms. The Kier molecular flexibility index (Phi) is 5.74. The number of halogens is 2. The number of hydrogen-bond acceptors (Lipinski definition) is 2. The number of nitrogens with one attached hydrogen (secondary N) is 1. The second-order valence-corrected chi connectivity index (χ2v) is 5.95. The molecule has 2 atom stereocenters. The van der Waals surface area contributed by atoms with Crippen LogP contribution < -0.4 is 10.1 Å². The number of hydrogen-bond donors (Lipinski definition) is 1. The monoisotopic (exact) mass is 295 g/mol. The smallest absolute Gasteiger partial charge is 0.387 e. The molecule has 1 aliphatic rings. The van der Waals surface area contributed by atoms with Crippen LogP contribution in [0.2, 0.25) is 0 Å².